The maximum atomic E-state index is 11.4. The fourth-order valence-corrected chi connectivity index (χ4v) is 4.12. The molecule has 0 fully saturated rings. The van der Waals surface area contributed by atoms with Crippen LogP contribution in [0.25, 0.3) is 0 Å². The van der Waals surface area contributed by atoms with E-state index in [1.807, 2.05) is 25.1 Å². The molecule has 2 aromatic carbocycles. The zero-order chi connectivity index (χ0) is 22.4. The molecule has 172 valence electrons. The quantitative estimate of drug-likeness (QED) is 0.229. The van der Waals surface area contributed by atoms with Crippen molar-refractivity contribution in [1.82, 2.24) is 0 Å². The zero-order valence-corrected chi connectivity index (χ0v) is 19.4. The van der Waals surface area contributed by atoms with Gasteiger partial charge in [-0.25, -0.2) is 0 Å². The van der Waals surface area contributed by atoms with Crippen molar-refractivity contribution in [2.75, 3.05) is 6.61 Å². The summed E-state index contributed by atoms with van der Waals surface area (Å²) in [4.78, 5) is 15.8. The van der Waals surface area contributed by atoms with Crippen molar-refractivity contribution >= 4 is 18.1 Å². The van der Waals surface area contributed by atoms with Gasteiger partial charge in [-0.3, -0.25) is 4.79 Å². The molecule has 3 rings (SSSR count). The van der Waals surface area contributed by atoms with Gasteiger partial charge in [-0.05, 0) is 43.9 Å². The highest BCUT2D eigenvalue weighted by Gasteiger charge is 2.24. The van der Waals surface area contributed by atoms with Crippen LogP contribution in [-0.4, -0.2) is 19.0 Å². The number of nitrogens with zero attached hydrogens (tertiary/aromatic N) is 1. The predicted molar refractivity (Wildman–Crippen MR) is 130 cm³/mol. The Morgan fingerprint density at radius 3 is 2.22 bits per heavy atom. The number of carbonyl (C=O) groups is 1. The molecule has 32 heavy (non-hydrogen) atoms. The minimum absolute atomic E-state index is 0.214. The number of benzene rings is 2. The van der Waals surface area contributed by atoms with Crippen molar-refractivity contribution in [3.05, 3.63) is 65.2 Å². The summed E-state index contributed by atoms with van der Waals surface area (Å²) in [5.41, 5.74) is 4.11. The molecule has 0 aromatic heterocycles. The maximum Gasteiger partial charge on any atom is 0.389 e. The number of ether oxygens (including phenoxy) is 2. The molecule has 0 saturated heterocycles. The topological polar surface area (TPSA) is 47.9 Å². The van der Waals surface area contributed by atoms with Gasteiger partial charge in [0.1, 0.15) is 0 Å². The van der Waals surface area contributed by atoms with E-state index in [9.17, 15) is 4.79 Å². The Morgan fingerprint density at radius 1 is 0.875 bits per heavy atom. The molecular weight excluding hydrogens is 398 g/mol. The van der Waals surface area contributed by atoms with E-state index in [0.29, 0.717) is 6.61 Å². The van der Waals surface area contributed by atoms with E-state index in [2.05, 4.69) is 35.3 Å². The van der Waals surface area contributed by atoms with E-state index in [1.54, 1.807) is 0 Å². The highest BCUT2D eigenvalue weighted by atomic mass is 16.7. The van der Waals surface area contributed by atoms with Crippen LogP contribution in [0, 0.1) is 6.92 Å². The molecule has 0 aliphatic carbocycles. The second-order valence-corrected chi connectivity index (χ2v) is 8.73. The van der Waals surface area contributed by atoms with E-state index in [1.165, 1.54) is 63.4 Å². The van der Waals surface area contributed by atoms with Gasteiger partial charge < -0.3 is 9.47 Å². The first-order valence-electron chi connectivity index (χ1n) is 12.2. The summed E-state index contributed by atoms with van der Waals surface area (Å²) < 4.78 is 11.3. The fourth-order valence-electron chi connectivity index (χ4n) is 4.12. The van der Waals surface area contributed by atoms with Gasteiger partial charge in [-0.15, -0.1) is 0 Å². The van der Waals surface area contributed by atoms with Crippen molar-refractivity contribution in [3.63, 3.8) is 0 Å². The van der Waals surface area contributed by atoms with Crippen LogP contribution in [0.1, 0.15) is 87.0 Å². The lowest BCUT2D eigenvalue weighted by molar-refractivity contribution is -0.115. The summed E-state index contributed by atoms with van der Waals surface area (Å²) in [6.45, 7) is 2.57. The Balaban J connectivity index is 1.17. The van der Waals surface area contributed by atoms with E-state index in [4.69, 9.17) is 9.47 Å². The van der Waals surface area contributed by atoms with Gasteiger partial charge in [0.05, 0.1) is 12.3 Å². The average Bonchev–Trinajstić information content (AvgIpc) is 2.82. The van der Waals surface area contributed by atoms with Crippen molar-refractivity contribution in [1.29, 1.82) is 0 Å². The Bertz CT molecular complexity index is 847. The lowest BCUT2D eigenvalue weighted by atomic mass is 10.0. The molecular formula is C28H37NO3. The van der Waals surface area contributed by atoms with E-state index >= 15 is 0 Å². The van der Waals surface area contributed by atoms with Crippen LogP contribution in [0.2, 0.25) is 0 Å². The summed E-state index contributed by atoms with van der Waals surface area (Å²) in [5.74, 6) is 0. The summed E-state index contributed by atoms with van der Waals surface area (Å²) in [6.07, 6.45) is 14.3. The first-order valence-corrected chi connectivity index (χ1v) is 12.2. The van der Waals surface area contributed by atoms with Gasteiger partial charge in [0.25, 0.3) is 0 Å². The minimum Gasteiger partial charge on any atom is -0.450 e. The molecule has 0 radical (unpaired) electrons. The van der Waals surface area contributed by atoms with Crippen molar-refractivity contribution < 1.29 is 14.3 Å². The maximum absolute atomic E-state index is 11.4. The lowest BCUT2D eigenvalue weighted by Gasteiger charge is -2.22. The minimum atomic E-state index is -0.629. The summed E-state index contributed by atoms with van der Waals surface area (Å²) in [7, 11) is 0. The third kappa shape index (κ3) is 8.14. The normalized spacial score (nSPS) is 14.9. The first kappa shape index (κ1) is 24.0. The van der Waals surface area contributed by atoms with Crippen LogP contribution < -0.4 is 0 Å². The van der Waals surface area contributed by atoms with Gasteiger partial charge in [-0.2, -0.15) is 4.99 Å². The Labute approximate surface area is 193 Å². The monoisotopic (exact) mass is 435 g/mol. The fraction of sp³-hybridized carbons (Fsp3) is 0.500. The van der Waals surface area contributed by atoms with Gasteiger partial charge in [0.2, 0.25) is 0 Å². The molecule has 0 saturated carbocycles. The largest absolute Gasteiger partial charge is 0.450 e. The highest BCUT2D eigenvalue weighted by molar-refractivity contribution is 5.80. The van der Waals surface area contributed by atoms with Crippen molar-refractivity contribution in [3.8, 4) is 0 Å². The van der Waals surface area contributed by atoms with Gasteiger partial charge in [0, 0.05) is 5.56 Å². The van der Waals surface area contributed by atoms with Crippen LogP contribution in [-0.2, 0) is 20.7 Å². The number of aliphatic imine (C=N–C) groups is 1. The molecule has 2 aromatic rings. The summed E-state index contributed by atoms with van der Waals surface area (Å²) in [6, 6.07) is 16.6. The second kappa shape index (κ2) is 13.7. The van der Waals surface area contributed by atoms with Gasteiger partial charge in [0.15, 0.2) is 12.4 Å². The molecule has 4 nitrogen and oxygen atoms in total. The van der Waals surface area contributed by atoms with Crippen LogP contribution in [0.15, 0.2) is 53.5 Å². The molecule has 1 atom stereocenters. The first-order chi connectivity index (χ1) is 15.8. The predicted octanol–water partition coefficient (Wildman–Crippen LogP) is 7.41. The average molecular weight is 436 g/mol. The highest BCUT2D eigenvalue weighted by Crippen LogP contribution is 2.32. The Morgan fingerprint density at radius 2 is 1.53 bits per heavy atom. The van der Waals surface area contributed by atoms with Gasteiger partial charge >= 0.3 is 6.08 Å². The van der Waals surface area contributed by atoms with Crippen molar-refractivity contribution in [2.24, 2.45) is 4.99 Å². The second-order valence-electron chi connectivity index (χ2n) is 8.73. The Hall–Kier alpha value is -2.62. The molecule has 1 aliphatic heterocycles. The number of aryl methyl sites for hydroxylation is 2. The smallest absolute Gasteiger partial charge is 0.389 e. The molecule has 4 heteroatoms. The summed E-state index contributed by atoms with van der Waals surface area (Å²) in [5, 5.41) is 0. The van der Waals surface area contributed by atoms with Crippen molar-refractivity contribution in [2.45, 2.75) is 83.7 Å². The van der Waals surface area contributed by atoms with E-state index in [0.717, 1.165) is 35.9 Å². The third-order valence-corrected chi connectivity index (χ3v) is 5.98. The van der Waals surface area contributed by atoms with Crippen LogP contribution in [0.3, 0.4) is 0 Å². The molecule has 0 bridgehead atoms. The molecule has 1 heterocycles. The van der Waals surface area contributed by atoms with Gasteiger partial charge in [-0.1, -0.05) is 93.3 Å². The number of hydrogen-bond acceptors (Lipinski definition) is 4. The van der Waals surface area contributed by atoms with Crippen LogP contribution in [0.5, 0.6) is 0 Å². The number of unbranched alkanes of at least 4 members (excludes halogenated alkanes) is 9. The van der Waals surface area contributed by atoms with Crippen LogP contribution >= 0.6 is 0 Å². The molecule has 1 unspecified atom stereocenters. The van der Waals surface area contributed by atoms with E-state index in [-0.39, 0.29) is 6.08 Å². The third-order valence-electron chi connectivity index (χ3n) is 5.98. The number of rotatable bonds is 14. The molecule has 1 aliphatic rings. The lowest BCUT2D eigenvalue weighted by Crippen LogP contribution is -2.20. The standard InChI is InChI=1S/C28H37NO3/c1-23-18-19-26-25(21-23)27(22-30)32-28(29-26)31-20-14-9-7-5-3-2-4-6-8-11-15-24-16-12-10-13-17-24/h10,12-13,16-19,21-22,27H,2-9,11,14-15,20H2,1H3. The molecule has 0 N–H and O–H groups in total. The SMILES string of the molecule is Cc1ccc2c(c1)C(C=O)OC(OCCCCCCCCCCCCc1ccccc1)=N2. The number of fused-ring (bicyclic) bond motifs is 1. The van der Waals surface area contributed by atoms with Crippen LogP contribution in [0.4, 0.5) is 5.69 Å². The zero-order valence-electron chi connectivity index (χ0n) is 19.4. The van der Waals surface area contributed by atoms with E-state index < -0.39 is 6.10 Å². The Kier molecular flexibility index (Phi) is 10.3. The molecule has 0 amide bonds. The molecule has 0 spiro atoms. The number of aldehydes is 1. The number of carbonyl (C=O) groups excluding carboxylic acids is 1. The summed E-state index contributed by atoms with van der Waals surface area (Å²) >= 11 is 0. The number of hydrogen-bond donors (Lipinski definition) is 0.